The summed E-state index contributed by atoms with van der Waals surface area (Å²) in [7, 11) is 3.17. The number of likely N-dealkylation sites (tertiary alicyclic amines) is 1. The smallest absolute Gasteiger partial charge is 0.338 e. The predicted molar refractivity (Wildman–Crippen MR) is 141 cm³/mol. The molecule has 0 aliphatic carbocycles. The van der Waals surface area contributed by atoms with Crippen molar-refractivity contribution in [1.29, 1.82) is 0 Å². The molecule has 2 atom stereocenters. The number of piperidine rings is 1. The second-order valence-corrected chi connectivity index (χ2v) is 9.06. The number of methoxy groups -OCH3 is 2. The summed E-state index contributed by atoms with van der Waals surface area (Å²) in [6.45, 7) is 5.67. The third kappa shape index (κ3) is 7.62. The van der Waals surface area contributed by atoms with Gasteiger partial charge in [-0.05, 0) is 61.1 Å². The van der Waals surface area contributed by atoms with Gasteiger partial charge in [0.1, 0.15) is 0 Å². The number of carbonyl (C=O) groups excluding carboxylic acids is 3. The van der Waals surface area contributed by atoms with E-state index >= 15 is 0 Å². The van der Waals surface area contributed by atoms with Crippen molar-refractivity contribution in [2.24, 2.45) is 11.8 Å². The van der Waals surface area contributed by atoms with Crippen LogP contribution in [0.15, 0.2) is 42.5 Å². The van der Waals surface area contributed by atoms with Crippen molar-refractivity contribution in [2.75, 3.05) is 39.2 Å². The van der Waals surface area contributed by atoms with Crippen molar-refractivity contribution in [1.82, 2.24) is 10.2 Å². The van der Waals surface area contributed by atoms with Gasteiger partial charge in [-0.1, -0.05) is 25.5 Å². The first-order valence-corrected chi connectivity index (χ1v) is 12.7. The molecule has 200 valence electrons. The molecule has 0 spiro atoms. The summed E-state index contributed by atoms with van der Waals surface area (Å²) in [6, 6.07) is 12.1. The number of benzene rings is 2. The maximum atomic E-state index is 12.9. The van der Waals surface area contributed by atoms with Crippen LogP contribution in [0.1, 0.15) is 49.0 Å². The summed E-state index contributed by atoms with van der Waals surface area (Å²) >= 11 is 0. The lowest BCUT2D eigenvalue weighted by atomic mass is 9.81. The first-order valence-electron chi connectivity index (χ1n) is 12.7. The number of rotatable bonds is 10. The Morgan fingerprint density at radius 2 is 1.78 bits per heavy atom. The number of hydrogen-bond acceptors (Lipinski definition) is 6. The van der Waals surface area contributed by atoms with Crippen LogP contribution in [0.3, 0.4) is 0 Å². The fourth-order valence-corrected chi connectivity index (χ4v) is 4.64. The number of esters is 1. The van der Waals surface area contributed by atoms with E-state index in [-0.39, 0.29) is 30.4 Å². The molecular weight excluding hydrogens is 474 g/mol. The zero-order valence-electron chi connectivity index (χ0n) is 22.0. The third-order valence-corrected chi connectivity index (χ3v) is 6.71. The van der Waals surface area contributed by atoms with E-state index in [2.05, 4.69) is 17.6 Å². The molecular formula is C28H37N3O6. The predicted octanol–water partition coefficient (Wildman–Crippen LogP) is 4.47. The lowest BCUT2D eigenvalue weighted by Gasteiger charge is -2.38. The number of nitrogens with one attached hydrogen (secondary N) is 2. The SMILES string of the molecule is CCOC(=O)c1cccc(NC(=O)N2CC[C@@H](CC(=O)NCc3ccc(OC)c(OC)c3)[C@@H](CC)C2)c1. The standard InChI is InChI=1S/C28H37N3O6/c1-5-20-18-31(28(34)30-23-9-7-8-22(15-23)27(33)37-6-2)13-12-21(20)16-26(32)29-17-19-10-11-24(35-3)25(14-19)36-4/h7-11,14-15,20-21H,5-6,12-13,16-18H2,1-4H3,(H,29,32)(H,30,34)/t20-,21-/m0/s1. The molecule has 3 amide bonds. The van der Waals surface area contributed by atoms with Crippen molar-refractivity contribution in [3.8, 4) is 11.5 Å². The Bertz CT molecular complexity index is 1090. The first kappa shape index (κ1) is 27.8. The van der Waals surface area contributed by atoms with Gasteiger partial charge in [0.2, 0.25) is 5.91 Å². The van der Waals surface area contributed by atoms with Crippen LogP contribution in [0.5, 0.6) is 11.5 Å². The molecule has 0 saturated carbocycles. The van der Waals surface area contributed by atoms with Gasteiger partial charge in [0, 0.05) is 31.7 Å². The van der Waals surface area contributed by atoms with E-state index in [1.807, 2.05) is 18.2 Å². The number of anilines is 1. The van der Waals surface area contributed by atoms with E-state index < -0.39 is 5.97 Å². The summed E-state index contributed by atoms with van der Waals surface area (Å²) < 4.78 is 15.6. The monoisotopic (exact) mass is 511 g/mol. The highest BCUT2D eigenvalue weighted by molar-refractivity contribution is 5.94. The number of amides is 3. The summed E-state index contributed by atoms with van der Waals surface area (Å²) in [5.41, 5.74) is 1.86. The highest BCUT2D eigenvalue weighted by Gasteiger charge is 2.31. The Balaban J connectivity index is 1.51. The van der Waals surface area contributed by atoms with Crippen molar-refractivity contribution in [3.05, 3.63) is 53.6 Å². The molecule has 1 saturated heterocycles. The van der Waals surface area contributed by atoms with E-state index in [1.165, 1.54) is 0 Å². The Morgan fingerprint density at radius 3 is 2.49 bits per heavy atom. The summed E-state index contributed by atoms with van der Waals surface area (Å²) in [6.07, 6.45) is 2.04. The van der Waals surface area contributed by atoms with Gasteiger partial charge in [-0.25, -0.2) is 9.59 Å². The van der Waals surface area contributed by atoms with Gasteiger partial charge in [0.05, 0.1) is 26.4 Å². The van der Waals surface area contributed by atoms with Gasteiger partial charge in [-0.3, -0.25) is 4.79 Å². The van der Waals surface area contributed by atoms with Crippen LogP contribution in [0.4, 0.5) is 10.5 Å². The molecule has 1 aliphatic rings. The Morgan fingerprint density at radius 1 is 1.00 bits per heavy atom. The van der Waals surface area contributed by atoms with Crippen molar-refractivity contribution in [3.63, 3.8) is 0 Å². The molecule has 9 nitrogen and oxygen atoms in total. The van der Waals surface area contributed by atoms with Crippen molar-refractivity contribution >= 4 is 23.6 Å². The number of urea groups is 1. The van der Waals surface area contributed by atoms with Crippen LogP contribution in [0.2, 0.25) is 0 Å². The number of hydrogen-bond donors (Lipinski definition) is 2. The maximum Gasteiger partial charge on any atom is 0.338 e. The van der Waals surface area contributed by atoms with Gasteiger partial charge < -0.3 is 29.7 Å². The van der Waals surface area contributed by atoms with Gasteiger partial charge in [-0.15, -0.1) is 0 Å². The minimum Gasteiger partial charge on any atom is -0.493 e. The van der Waals surface area contributed by atoms with E-state index in [4.69, 9.17) is 14.2 Å². The van der Waals surface area contributed by atoms with Gasteiger partial charge in [-0.2, -0.15) is 0 Å². The Kier molecular flexibility index (Phi) is 10.2. The highest BCUT2D eigenvalue weighted by Crippen LogP contribution is 2.30. The largest absolute Gasteiger partial charge is 0.493 e. The quantitative estimate of drug-likeness (QED) is 0.456. The lowest BCUT2D eigenvalue weighted by molar-refractivity contribution is -0.123. The third-order valence-electron chi connectivity index (χ3n) is 6.71. The van der Waals surface area contributed by atoms with E-state index in [0.29, 0.717) is 48.8 Å². The number of ether oxygens (including phenoxy) is 3. The summed E-state index contributed by atoms with van der Waals surface area (Å²) in [5, 5.41) is 5.89. The topological polar surface area (TPSA) is 106 Å². The fourth-order valence-electron chi connectivity index (χ4n) is 4.64. The number of carbonyl (C=O) groups is 3. The highest BCUT2D eigenvalue weighted by atomic mass is 16.5. The zero-order chi connectivity index (χ0) is 26.8. The van der Waals surface area contributed by atoms with E-state index in [9.17, 15) is 14.4 Å². The maximum absolute atomic E-state index is 12.9. The van der Waals surface area contributed by atoms with Crippen molar-refractivity contribution < 1.29 is 28.6 Å². The molecule has 1 heterocycles. The summed E-state index contributed by atoms with van der Waals surface area (Å²) in [5.74, 6) is 1.26. The van der Waals surface area contributed by atoms with Crippen molar-refractivity contribution in [2.45, 2.75) is 39.7 Å². The second kappa shape index (κ2) is 13.5. The molecule has 0 unspecified atom stereocenters. The number of nitrogens with zero attached hydrogens (tertiary/aromatic N) is 1. The Hall–Kier alpha value is -3.75. The van der Waals surface area contributed by atoms with Crippen LogP contribution >= 0.6 is 0 Å². The normalized spacial score (nSPS) is 17.0. The van der Waals surface area contributed by atoms with Gasteiger partial charge >= 0.3 is 12.0 Å². The van der Waals surface area contributed by atoms with Crippen LogP contribution in [-0.2, 0) is 16.1 Å². The van der Waals surface area contributed by atoms with Crippen LogP contribution in [0.25, 0.3) is 0 Å². The molecule has 0 aromatic heterocycles. The van der Waals surface area contributed by atoms with Gasteiger partial charge in [0.15, 0.2) is 11.5 Å². The molecule has 1 fully saturated rings. The molecule has 0 radical (unpaired) electrons. The second-order valence-electron chi connectivity index (χ2n) is 9.06. The molecule has 0 bridgehead atoms. The molecule has 2 aromatic rings. The molecule has 3 rings (SSSR count). The molecule has 2 N–H and O–H groups in total. The molecule has 1 aliphatic heterocycles. The average Bonchev–Trinajstić information content (AvgIpc) is 2.92. The lowest BCUT2D eigenvalue weighted by Crippen LogP contribution is -2.46. The van der Waals surface area contributed by atoms with E-state index in [1.54, 1.807) is 50.3 Å². The van der Waals surface area contributed by atoms with Gasteiger partial charge in [0.25, 0.3) is 0 Å². The van der Waals surface area contributed by atoms with Crippen LogP contribution in [0, 0.1) is 11.8 Å². The molecule has 37 heavy (non-hydrogen) atoms. The van der Waals surface area contributed by atoms with E-state index in [0.717, 1.165) is 18.4 Å². The summed E-state index contributed by atoms with van der Waals surface area (Å²) in [4.78, 5) is 39.4. The zero-order valence-corrected chi connectivity index (χ0v) is 22.0. The first-order chi connectivity index (χ1) is 17.9. The van der Waals surface area contributed by atoms with Crippen LogP contribution in [-0.4, -0.2) is 56.7 Å². The average molecular weight is 512 g/mol. The minimum atomic E-state index is -0.421. The minimum absolute atomic E-state index is 0.00748. The molecule has 2 aromatic carbocycles. The Labute approximate surface area is 218 Å². The van der Waals surface area contributed by atoms with Crippen LogP contribution < -0.4 is 20.1 Å². The fraction of sp³-hybridized carbons (Fsp3) is 0.464. The molecule has 9 heteroatoms.